The maximum atomic E-state index is 12.6. The molecule has 4 heteroatoms. The van der Waals surface area contributed by atoms with Gasteiger partial charge in [-0.25, -0.2) is 0 Å². The molecule has 0 unspecified atom stereocenters. The Morgan fingerprint density at radius 3 is 2.59 bits per heavy atom. The summed E-state index contributed by atoms with van der Waals surface area (Å²) in [6.45, 7) is 9.85. The average molecular weight is 304 g/mol. The van der Waals surface area contributed by atoms with Crippen LogP contribution in [0.5, 0.6) is 0 Å². The Morgan fingerprint density at radius 1 is 1.23 bits per heavy atom. The van der Waals surface area contributed by atoms with Gasteiger partial charge in [-0.05, 0) is 42.7 Å². The summed E-state index contributed by atoms with van der Waals surface area (Å²) in [5.41, 5.74) is 2.56. The van der Waals surface area contributed by atoms with Crippen molar-refractivity contribution < 1.29 is 4.74 Å². The fraction of sp³-hybridized carbons (Fsp3) is 0.722. The molecular formula is C18H28N2O2. The van der Waals surface area contributed by atoms with E-state index in [1.807, 2.05) is 4.57 Å². The lowest BCUT2D eigenvalue weighted by Crippen LogP contribution is -2.37. The second-order valence-electron chi connectivity index (χ2n) is 6.96. The fourth-order valence-corrected chi connectivity index (χ4v) is 3.19. The smallest absolute Gasteiger partial charge is 0.254 e. The largest absolute Gasteiger partial charge is 0.379 e. The Morgan fingerprint density at radius 2 is 1.95 bits per heavy atom. The molecule has 2 fully saturated rings. The highest BCUT2D eigenvalue weighted by molar-refractivity contribution is 5.27. The van der Waals surface area contributed by atoms with Gasteiger partial charge in [-0.2, -0.15) is 0 Å². The van der Waals surface area contributed by atoms with Gasteiger partial charge in [0.2, 0.25) is 0 Å². The Labute approximate surface area is 133 Å². The van der Waals surface area contributed by atoms with E-state index in [0.717, 1.165) is 51.4 Å². The first-order valence-corrected chi connectivity index (χ1v) is 8.69. The van der Waals surface area contributed by atoms with Crippen molar-refractivity contribution in [2.75, 3.05) is 32.8 Å². The SMILES string of the molecule is CC(C)c1cc(C2CC2)cn(CCCN2CCOCC2)c1=O. The van der Waals surface area contributed by atoms with Crippen LogP contribution in [0.1, 0.15) is 56.1 Å². The molecule has 0 amide bonds. The van der Waals surface area contributed by atoms with Gasteiger partial charge in [0, 0.05) is 37.9 Å². The minimum Gasteiger partial charge on any atom is -0.379 e. The van der Waals surface area contributed by atoms with Crippen LogP contribution in [0.3, 0.4) is 0 Å². The van der Waals surface area contributed by atoms with E-state index in [2.05, 4.69) is 31.0 Å². The molecule has 0 bridgehead atoms. The average Bonchev–Trinajstić information content (AvgIpc) is 3.34. The lowest BCUT2D eigenvalue weighted by Gasteiger charge is -2.26. The van der Waals surface area contributed by atoms with E-state index in [1.165, 1.54) is 18.4 Å². The van der Waals surface area contributed by atoms with E-state index in [4.69, 9.17) is 4.74 Å². The normalized spacial score (nSPS) is 19.8. The van der Waals surface area contributed by atoms with Gasteiger partial charge in [0.1, 0.15) is 0 Å². The van der Waals surface area contributed by atoms with Gasteiger partial charge < -0.3 is 9.30 Å². The van der Waals surface area contributed by atoms with E-state index >= 15 is 0 Å². The van der Waals surface area contributed by atoms with Crippen molar-refractivity contribution >= 4 is 0 Å². The predicted octanol–water partition coefficient (Wildman–Crippen LogP) is 2.57. The van der Waals surface area contributed by atoms with Crippen LogP contribution in [0, 0.1) is 0 Å². The van der Waals surface area contributed by atoms with Gasteiger partial charge in [0.15, 0.2) is 0 Å². The third-order valence-electron chi connectivity index (χ3n) is 4.78. The molecule has 1 saturated heterocycles. The van der Waals surface area contributed by atoms with Crippen LogP contribution in [-0.2, 0) is 11.3 Å². The van der Waals surface area contributed by atoms with E-state index < -0.39 is 0 Å². The zero-order chi connectivity index (χ0) is 15.5. The summed E-state index contributed by atoms with van der Waals surface area (Å²) in [7, 11) is 0. The molecule has 0 N–H and O–H groups in total. The van der Waals surface area contributed by atoms with E-state index in [0.29, 0.717) is 11.8 Å². The van der Waals surface area contributed by atoms with Crippen molar-refractivity contribution in [2.45, 2.75) is 51.5 Å². The zero-order valence-electron chi connectivity index (χ0n) is 13.9. The van der Waals surface area contributed by atoms with Gasteiger partial charge in [-0.1, -0.05) is 13.8 Å². The minimum atomic E-state index is 0.210. The molecule has 1 aromatic rings. The second-order valence-corrected chi connectivity index (χ2v) is 6.96. The lowest BCUT2D eigenvalue weighted by molar-refractivity contribution is 0.0369. The molecule has 0 spiro atoms. The maximum Gasteiger partial charge on any atom is 0.254 e. The molecule has 1 saturated carbocycles. The summed E-state index contributed by atoms with van der Waals surface area (Å²) in [6, 6.07) is 2.16. The molecule has 22 heavy (non-hydrogen) atoms. The van der Waals surface area contributed by atoms with Gasteiger partial charge in [-0.15, -0.1) is 0 Å². The summed E-state index contributed by atoms with van der Waals surface area (Å²) in [5, 5.41) is 0. The highest BCUT2D eigenvalue weighted by atomic mass is 16.5. The topological polar surface area (TPSA) is 34.5 Å². The van der Waals surface area contributed by atoms with Crippen molar-refractivity contribution in [2.24, 2.45) is 0 Å². The fourth-order valence-electron chi connectivity index (χ4n) is 3.19. The molecule has 1 aliphatic heterocycles. The molecule has 2 aliphatic rings. The summed E-state index contributed by atoms with van der Waals surface area (Å²) >= 11 is 0. The number of ether oxygens (including phenoxy) is 1. The molecule has 4 nitrogen and oxygen atoms in total. The van der Waals surface area contributed by atoms with Crippen LogP contribution in [-0.4, -0.2) is 42.3 Å². The number of hydrogen-bond acceptors (Lipinski definition) is 3. The third-order valence-corrected chi connectivity index (χ3v) is 4.78. The number of hydrogen-bond donors (Lipinski definition) is 0. The molecule has 1 aliphatic carbocycles. The molecule has 0 atom stereocenters. The summed E-state index contributed by atoms with van der Waals surface area (Å²) < 4.78 is 7.34. The number of aromatic nitrogens is 1. The van der Waals surface area contributed by atoms with Gasteiger partial charge >= 0.3 is 0 Å². The highest BCUT2D eigenvalue weighted by Crippen LogP contribution is 2.40. The number of pyridine rings is 1. The van der Waals surface area contributed by atoms with Crippen molar-refractivity contribution in [3.05, 3.63) is 33.7 Å². The molecular weight excluding hydrogens is 276 g/mol. The van der Waals surface area contributed by atoms with Crippen LogP contribution in [0.25, 0.3) is 0 Å². The van der Waals surface area contributed by atoms with Crippen molar-refractivity contribution in [1.82, 2.24) is 9.47 Å². The van der Waals surface area contributed by atoms with Gasteiger partial charge in [0.05, 0.1) is 13.2 Å². The minimum absolute atomic E-state index is 0.210. The molecule has 2 heterocycles. The molecule has 0 radical (unpaired) electrons. The first-order chi connectivity index (χ1) is 10.6. The number of morpholine rings is 1. The van der Waals surface area contributed by atoms with Gasteiger partial charge in [-0.3, -0.25) is 9.69 Å². The first kappa shape index (κ1) is 15.8. The maximum absolute atomic E-state index is 12.6. The molecule has 0 aromatic carbocycles. The third kappa shape index (κ3) is 3.79. The van der Waals surface area contributed by atoms with Crippen LogP contribution in [0.4, 0.5) is 0 Å². The standard InChI is InChI=1S/C18H28N2O2/c1-14(2)17-12-16(15-4-5-15)13-20(18(17)21)7-3-6-19-8-10-22-11-9-19/h12-15H,3-11H2,1-2H3. The molecule has 3 rings (SSSR count). The summed E-state index contributed by atoms with van der Waals surface area (Å²) in [6.07, 6.45) is 5.71. The van der Waals surface area contributed by atoms with Gasteiger partial charge in [0.25, 0.3) is 5.56 Å². The van der Waals surface area contributed by atoms with E-state index in [9.17, 15) is 4.79 Å². The zero-order valence-corrected chi connectivity index (χ0v) is 13.9. The summed E-state index contributed by atoms with van der Waals surface area (Å²) in [4.78, 5) is 15.1. The molecule has 122 valence electrons. The van der Waals surface area contributed by atoms with Crippen molar-refractivity contribution in [3.8, 4) is 0 Å². The van der Waals surface area contributed by atoms with Crippen molar-refractivity contribution in [1.29, 1.82) is 0 Å². The monoisotopic (exact) mass is 304 g/mol. The lowest BCUT2D eigenvalue weighted by atomic mass is 10.0. The predicted molar refractivity (Wildman–Crippen MR) is 88.6 cm³/mol. The Bertz CT molecular complexity index is 555. The number of nitrogens with zero attached hydrogens (tertiary/aromatic N) is 2. The Balaban J connectivity index is 1.67. The van der Waals surface area contributed by atoms with Crippen molar-refractivity contribution in [3.63, 3.8) is 0 Å². The van der Waals surface area contributed by atoms with Crippen LogP contribution in [0.2, 0.25) is 0 Å². The van der Waals surface area contributed by atoms with Crippen LogP contribution >= 0.6 is 0 Å². The van der Waals surface area contributed by atoms with E-state index in [1.54, 1.807) is 0 Å². The Hall–Kier alpha value is -1.13. The number of aryl methyl sites for hydroxylation is 1. The van der Waals surface area contributed by atoms with Crippen LogP contribution < -0.4 is 5.56 Å². The number of rotatable bonds is 6. The quantitative estimate of drug-likeness (QED) is 0.810. The van der Waals surface area contributed by atoms with Crippen LogP contribution in [0.15, 0.2) is 17.1 Å². The molecule has 1 aromatic heterocycles. The Kier molecular flexibility index (Phi) is 4.99. The first-order valence-electron chi connectivity index (χ1n) is 8.69. The highest BCUT2D eigenvalue weighted by Gasteiger charge is 2.25. The second kappa shape index (κ2) is 6.97. The summed E-state index contributed by atoms with van der Waals surface area (Å²) in [5.74, 6) is 1.00. The van der Waals surface area contributed by atoms with E-state index in [-0.39, 0.29) is 5.56 Å².